The molecule has 3 amide bonds. The molecule has 1 aromatic rings. The summed E-state index contributed by atoms with van der Waals surface area (Å²) < 4.78 is 0. The van der Waals surface area contributed by atoms with E-state index in [-0.39, 0.29) is 17.9 Å². The van der Waals surface area contributed by atoms with Gasteiger partial charge in [-0.3, -0.25) is 29.3 Å². The van der Waals surface area contributed by atoms with Crippen molar-refractivity contribution in [2.45, 2.75) is 58.3 Å². The molecule has 33 heavy (non-hydrogen) atoms. The minimum Gasteiger partial charge on any atom is -0.502 e. The number of nitro groups is 1. The fraction of sp³-hybridized carbons (Fsp3) is 0.500. The van der Waals surface area contributed by atoms with E-state index in [0.29, 0.717) is 0 Å². The van der Waals surface area contributed by atoms with Gasteiger partial charge >= 0.3 is 11.7 Å². The van der Waals surface area contributed by atoms with E-state index in [1.54, 1.807) is 13.8 Å². The molecule has 0 saturated carbocycles. The van der Waals surface area contributed by atoms with E-state index in [2.05, 4.69) is 16.0 Å². The first kappa shape index (κ1) is 27.3. The van der Waals surface area contributed by atoms with Crippen molar-refractivity contribution in [2.24, 2.45) is 11.7 Å². The largest absolute Gasteiger partial charge is 0.502 e. The zero-order valence-corrected chi connectivity index (χ0v) is 18.7. The number of hydrogen-bond acceptors (Lipinski definition) is 8. The standard InChI is InChI=1S/C20H29N5O8/c1-9(2)16(24-17(27)10(3)21)19(29)23-13(18(28)22-11(4)20(30)31)7-12-5-6-15(26)14(8-12)25(32)33/h5-6,8-11,13,16,26H,7,21H2,1-4H3,(H,22,28)(H,23,29)(H,24,27)(H,30,31)/t10-,11-,13-,16-/m0/s1. The molecule has 0 fully saturated rings. The van der Waals surface area contributed by atoms with Gasteiger partial charge in [-0.25, -0.2) is 0 Å². The number of aromatic hydroxyl groups is 1. The van der Waals surface area contributed by atoms with Crippen molar-refractivity contribution >= 4 is 29.4 Å². The lowest BCUT2D eigenvalue weighted by atomic mass is 10.00. The Morgan fingerprint density at radius 2 is 1.64 bits per heavy atom. The van der Waals surface area contributed by atoms with Crippen LogP contribution in [-0.4, -0.2) is 63.0 Å². The highest BCUT2D eigenvalue weighted by atomic mass is 16.6. The van der Waals surface area contributed by atoms with E-state index in [1.807, 2.05) is 0 Å². The van der Waals surface area contributed by atoms with Crippen LogP contribution in [0.15, 0.2) is 18.2 Å². The summed E-state index contributed by atoms with van der Waals surface area (Å²) in [7, 11) is 0. The number of nitrogens with two attached hydrogens (primary N) is 1. The molecule has 0 unspecified atom stereocenters. The van der Waals surface area contributed by atoms with E-state index in [9.17, 15) is 34.4 Å². The van der Waals surface area contributed by atoms with Gasteiger partial charge in [0.1, 0.15) is 18.1 Å². The summed E-state index contributed by atoms with van der Waals surface area (Å²) in [6, 6.07) is -1.10. The molecule has 13 nitrogen and oxygen atoms in total. The van der Waals surface area contributed by atoms with Gasteiger partial charge in [-0.2, -0.15) is 0 Å². The number of hydrogen-bond donors (Lipinski definition) is 6. The van der Waals surface area contributed by atoms with Crippen molar-refractivity contribution in [1.29, 1.82) is 0 Å². The Labute approximate surface area is 189 Å². The Morgan fingerprint density at radius 1 is 1.03 bits per heavy atom. The van der Waals surface area contributed by atoms with Gasteiger partial charge in [0.05, 0.1) is 11.0 Å². The number of rotatable bonds is 11. The smallest absolute Gasteiger partial charge is 0.325 e. The van der Waals surface area contributed by atoms with Gasteiger partial charge in [-0.1, -0.05) is 19.9 Å². The van der Waals surface area contributed by atoms with Crippen LogP contribution in [0.3, 0.4) is 0 Å². The zero-order valence-electron chi connectivity index (χ0n) is 18.7. The Hall–Kier alpha value is -3.74. The summed E-state index contributed by atoms with van der Waals surface area (Å²) in [5, 5.41) is 37.0. The van der Waals surface area contributed by atoms with E-state index in [1.165, 1.54) is 19.9 Å². The number of carboxylic acids is 1. The Balaban J connectivity index is 3.21. The molecule has 13 heteroatoms. The summed E-state index contributed by atoms with van der Waals surface area (Å²) in [6.07, 6.45) is -0.253. The van der Waals surface area contributed by atoms with Gasteiger partial charge < -0.3 is 31.9 Å². The normalized spacial score (nSPS) is 14.5. The van der Waals surface area contributed by atoms with Gasteiger partial charge in [0.15, 0.2) is 5.75 Å². The van der Waals surface area contributed by atoms with E-state index in [0.717, 1.165) is 12.1 Å². The SMILES string of the molecule is CC(C)[C@H](NC(=O)[C@H](C)N)C(=O)N[C@@H](Cc1ccc(O)c([N+](=O)[O-])c1)C(=O)N[C@@H](C)C(=O)O. The van der Waals surface area contributed by atoms with Crippen LogP contribution in [0.4, 0.5) is 5.69 Å². The van der Waals surface area contributed by atoms with Crippen molar-refractivity contribution in [2.75, 3.05) is 0 Å². The maximum absolute atomic E-state index is 12.9. The number of carbonyl (C=O) groups excluding carboxylic acids is 3. The molecule has 0 bridgehead atoms. The second-order valence-corrected chi connectivity index (χ2v) is 7.93. The Kier molecular flexibility index (Phi) is 9.73. The number of amides is 3. The lowest BCUT2D eigenvalue weighted by Crippen LogP contribution is -2.58. The highest BCUT2D eigenvalue weighted by Crippen LogP contribution is 2.26. The van der Waals surface area contributed by atoms with Crippen LogP contribution in [0.2, 0.25) is 0 Å². The minimum atomic E-state index is -1.34. The van der Waals surface area contributed by atoms with Gasteiger partial charge in [-0.05, 0) is 31.4 Å². The average Bonchev–Trinajstić information content (AvgIpc) is 2.71. The van der Waals surface area contributed by atoms with Crippen LogP contribution in [0.25, 0.3) is 0 Å². The maximum Gasteiger partial charge on any atom is 0.325 e. The average molecular weight is 467 g/mol. The molecular formula is C20H29N5O8. The first-order chi connectivity index (χ1) is 15.2. The number of phenolic OH excluding ortho intramolecular Hbond substituents is 1. The molecule has 1 rings (SSSR count). The van der Waals surface area contributed by atoms with Gasteiger partial charge in [0.2, 0.25) is 17.7 Å². The van der Waals surface area contributed by atoms with Crippen molar-refractivity contribution in [1.82, 2.24) is 16.0 Å². The van der Waals surface area contributed by atoms with E-state index < -0.39 is 64.2 Å². The molecule has 0 aliphatic rings. The predicted molar refractivity (Wildman–Crippen MR) is 116 cm³/mol. The van der Waals surface area contributed by atoms with E-state index in [4.69, 9.17) is 10.8 Å². The number of phenols is 1. The molecule has 0 aromatic heterocycles. The number of nitro benzene ring substituents is 1. The Bertz CT molecular complexity index is 918. The summed E-state index contributed by atoms with van der Waals surface area (Å²) in [6.45, 7) is 5.99. The number of benzene rings is 1. The first-order valence-corrected chi connectivity index (χ1v) is 10.1. The number of carbonyl (C=O) groups is 4. The maximum atomic E-state index is 12.9. The lowest BCUT2D eigenvalue weighted by Gasteiger charge is -2.26. The third-order valence-electron chi connectivity index (χ3n) is 4.70. The fourth-order valence-electron chi connectivity index (χ4n) is 2.74. The molecule has 0 heterocycles. The number of aliphatic carboxylic acids is 1. The summed E-state index contributed by atoms with van der Waals surface area (Å²) in [5.41, 5.74) is 5.16. The summed E-state index contributed by atoms with van der Waals surface area (Å²) in [4.78, 5) is 59.0. The van der Waals surface area contributed by atoms with Crippen molar-refractivity contribution in [3.63, 3.8) is 0 Å². The monoisotopic (exact) mass is 467 g/mol. The predicted octanol–water partition coefficient (Wildman–Crippen LogP) is -0.595. The first-order valence-electron chi connectivity index (χ1n) is 10.1. The van der Waals surface area contributed by atoms with Crippen LogP contribution >= 0.6 is 0 Å². The third-order valence-corrected chi connectivity index (χ3v) is 4.70. The van der Waals surface area contributed by atoms with Crippen molar-refractivity contribution in [3.05, 3.63) is 33.9 Å². The second kappa shape index (κ2) is 11.8. The lowest BCUT2D eigenvalue weighted by molar-refractivity contribution is -0.385. The van der Waals surface area contributed by atoms with Crippen LogP contribution in [0.1, 0.15) is 33.3 Å². The van der Waals surface area contributed by atoms with Crippen molar-refractivity contribution in [3.8, 4) is 5.75 Å². The van der Waals surface area contributed by atoms with Crippen LogP contribution in [-0.2, 0) is 25.6 Å². The molecule has 0 saturated heterocycles. The van der Waals surface area contributed by atoms with Crippen molar-refractivity contribution < 1.29 is 34.3 Å². The van der Waals surface area contributed by atoms with Gasteiger partial charge in [0, 0.05) is 12.5 Å². The molecule has 7 N–H and O–H groups in total. The Morgan fingerprint density at radius 3 is 2.12 bits per heavy atom. The van der Waals surface area contributed by atoms with Crippen LogP contribution < -0.4 is 21.7 Å². The van der Waals surface area contributed by atoms with Gasteiger partial charge in [0.25, 0.3) is 0 Å². The topological polar surface area (TPSA) is 214 Å². The number of nitrogens with one attached hydrogen (secondary N) is 3. The molecule has 0 radical (unpaired) electrons. The molecule has 0 aliphatic carbocycles. The van der Waals surface area contributed by atoms with Crippen LogP contribution in [0.5, 0.6) is 5.75 Å². The molecule has 4 atom stereocenters. The summed E-state index contributed by atoms with van der Waals surface area (Å²) in [5.74, 6) is -4.43. The third kappa shape index (κ3) is 8.03. The molecular weight excluding hydrogens is 438 g/mol. The molecule has 182 valence electrons. The number of nitrogens with zero attached hydrogens (tertiary/aromatic N) is 1. The van der Waals surface area contributed by atoms with E-state index >= 15 is 0 Å². The minimum absolute atomic E-state index is 0.226. The number of carboxylic acid groups (broad SMARTS) is 1. The molecule has 0 aliphatic heterocycles. The summed E-state index contributed by atoms with van der Waals surface area (Å²) >= 11 is 0. The fourth-order valence-corrected chi connectivity index (χ4v) is 2.74. The zero-order chi connectivity index (χ0) is 25.5. The second-order valence-electron chi connectivity index (χ2n) is 7.93. The highest BCUT2D eigenvalue weighted by molar-refractivity contribution is 5.94. The van der Waals surface area contributed by atoms with Gasteiger partial charge in [-0.15, -0.1) is 0 Å². The quantitative estimate of drug-likeness (QED) is 0.181. The molecule has 0 spiro atoms. The highest BCUT2D eigenvalue weighted by Gasteiger charge is 2.31. The van der Waals surface area contributed by atoms with Crippen LogP contribution in [0, 0.1) is 16.0 Å². The molecule has 1 aromatic carbocycles.